The van der Waals surface area contributed by atoms with Crippen molar-refractivity contribution in [2.24, 2.45) is 4.99 Å². The van der Waals surface area contributed by atoms with E-state index in [0.717, 1.165) is 32.3 Å². The van der Waals surface area contributed by atoms with Crippen molar-refractivity contribution < 1.29 is 9.53 Å². The number of ether oxygens (including phenoxy) is 1. The zero-order valence-corrected chi connectivity index (χ0v) is 18.9. The molecule has 0 aliphatic carbocycles. The van der Waals surface area contributed by atoms with E-state index in [9.17, 15) is 4.79 Å². The Hall–Kier alpha value is -1.35. The van der Waals surface area contributed by atoms with Gasteiger partial charge in [0.25, 0.3) is 0 Å². The molecular weight excluding hydrogens is 455 g/mol. The summed E-state index contributed by atoms with van der Waals surface area (Å²) in [7, 11) is 3.49. The van der Waals surface area contributed by atoms with Crippen LogP contribution in [-0.2, 0) is 16.0 Å². The number of likely N-dealkylation sites (N-methyl/N-ethyl adjacent to an activating group) is 1. The SMILES string of the molecule is CC(CCc1ccccc1)NC(=NCC(=O)N(C)C)NCC1CCCO1.I. The summed E-state index contributed by atoms with van der Waals surface area (Å²) in [6.07, 6.45) is 4.40. The van der Waals surface area contributed by atoms with Crippen LogP contribution in [0, 0.1) is 0 Å². The van der Waals surface area contributed by atoms with Gasteiger partial charge in [-0.15, -0.1) is 24.0 Å². The fourth-order valence-corrected chi connectivity index (χ4v) is 2.79. The van der Waals surface area contributed by atoms with Crippen molar-refractivity contribution in [3.05, 3.63) is 35.9 Å². The molecule has 2 N–H and O–H groups in total. The van der Waals surface area contributed by atoms with Crippen molar-refractivity contribution in [1.29, 1.82) is 0 Å². The summed E-state index contributed by atoms with van der Waals surface area (Å²) in [6, 6.07) is 10.7. The Morgan fingerprint density at radius 2 is 2.07 bits per heavy atom. The number of carbonyl (C=O) groups is 1. The predicted octanol–water partition coefficient (Wildman–Crippen LogP) is 2.43. The van der Waals surface area contributed by atoms with E-state index in [1.165, 1.54) is 5.56 Å². The van der Waals surface area contributed by atoms with Gasteiger partial charge >= 0.3 is 0 Å². The molecule has 0 aromatic heterocycles. The van der Waals surface area contributed by atoms with E-state index < -0.39 is 0 Å². The lowest BCUT2D eigenvalue weighted by atomic mass is 10.1. The van der Waals surface area contributed by atoms with Crippen LogP contribution in [0.5, 0.6) is 0 Å². The van der Waals surface area contributed by atoms with Crippen molar-refractivity contribution in [3.8, 4) is 0 Å². The van der Waals surface area contributed by atoms with Gasteiger partial charge in [0.1, 0.15) is 6.54 Å². The highest BCUT2D eigenvalue weighted by atomic mass is 127. The Bertz CT molecular complexity index is 575. The number of amides is 1. The number of guanidine groups is 1. The van der Waals surface area contributed by atoms with E-state index in [1.54, 1.807) is 19.0 Å². The summed E-state index contributed by atoms with van der Waals surface area (Å²) in [4.78, 5) is 17.8. The molecule has 27 heavy (non-hydrogen) atoms. The van der Waals surface area contributed by atoms with Gasteiger partial charge in [0.15, 0.2) is 5.96 Å². The number of nitrogens with zero attached hydrogens (tertiary/aromatic N) is 2. The molecule has 0 saturated carbocycles. The van der Waals surface area contributed by atoms with Crippen LogP contribution in [0.1, 0.15) is 31.7 Å². The van der Waals surface area contributed by atoms with Crippen molar-refractivity contribution in [1.82, 2.24) is 15.5 Å². The van der Waals surface area contributed by atoms with Crippen LogP contribution in [-0.4, -0.2) is 62.7 Å². The topological polar surface area (TPSA) is 66.0 Å². The first kappa shape index (κ1) is 23.7. The molecule has 1 aliphatic heterocycles. The summed E-state index contributed by atoms with van der Waals surface area (Å²) in [6.45, 7) is 3.82. The van der Waals surface area contributed by atoms with Crippen LogP contribution in [0.3, 0.4) is 0 Å². The summed E-state index contributed by atoms with van der Waals surface area (Å²) in [5.41, 5.74) is 1.33. The zero-order valence-electron chi connectivity index (χ0n) is 16.6. The number of carbonyl (C=O) groups excluding carboxylic acids is 1. The molecule has 1 aromatic rings. The lowest BCUT2D eigenvalue weighted by Crippen LogP contribution is -2.45. The maximum Gasteiger partial charge on any atom is 0.243 e. The zero-order chi connectivity index (χ0) is 18.8. The second-order valence-electron chi connectivity index (χ2n) is 7.04. The minimum absolute atomic E-state index is 0. The van der Waals surface area contributed by atoms with Crippen molar-refractivity contribution in [3.63, 3.8) is 0 Å². The van der Waals surface area contributed by atoms with Gasteiger partial charge in [-0.1, -0.05) is 30.3 Å². The molecule has 2 unspecified atom stereocenters. The Morgan fingerprint density at radius 3 is 2.70 bits per heavy atom. The van der Waals surface area contributed by atoms with Crippen LogP contribution in [0.4, 0.5) is 0 Å². The molecule has 1 aliphatic rings. The minimum Gasteiger partial charge on any atom is -0.376 e. The van der Waals surface area contributed by atoms with Gasteiger partial charge in [-0.2, -0.15) is 0 Å². The molecule has 0 radical (unpaired) electrons. The molecule has 2 atom stereocenters. The molecule has 0 spiro atoms. The summed E-state index contributed by atoms with van der Waals surface area (Å²) in [5, 5.41) is 6.75. The summed E-state index contributed by atoms with van der Waals surface area (Å²) in [5.74, 6) is 0.663. The predicted molar refractivity (Wildman–Crippen MR) is 121 cm³/mol. The smallest absolute Gasteiger partial charge is 0.243 e. The first-order valence-electron chi connectivity index (χ1n) is 9.45. The number of nitrogens with one attached hydrogen (secondary N) is 2. The largest absolute Gasteiger partial charge is 0.376 e. The summed E-state index contributed by atoms with van der Waals surface area (Å²) < 4.78 is 5.66. The second-order valence-corrected chi connectivity index (χ2v) is 7.04. The van der Waals surface area contributed by atoms with Crippen LogP contribution < -0.4 is 10.6 Å². The van der Waals surface area contributed by atoms with E-state index in [2.05, 4.69) is 46.8 Å². The molecule has 6 nitrogen and oxygen atoms in total. The molecule has 152 valence electrons. The molecule has 2 rings (SSSR count). The molecule has 1 heterocycles. The fourth-order valence-electron chi connectivity index (χ4n) is 2.79. The van der Waals surface area contributed by atoms with Gasteiger partial charge in [-0.25, -0.2) is 4.99 Å². The third kappa shape index (κ3) is 9.41. The molecule has 1 saturated heterocycles. The fraction of sp³-hybridized carbons (Fsp3) is 0.600. The molecule has 0 bridgehead atoms. The Morgan fingerprint density at radius 1 is 1.33 bits per heavy atom. The standard InChI is InChI=1S/C20H32N4O2.HI/c1-16(11-12-17-8-5-4-6-9-17)23-20(22-15-19(25)24(2)3)21-14-18-10-7-13-26-18;/h4-6,8-9,16,18H,7,10-15H2,1-3H3,(H2,21,22,23);1H. The highest BCUT2D eigenvalue weighted by molar-refractivity contribution is 14.0. The van der Waals surface area contributed by atoms with Gasteiger partial charge < -0.3 is 20.3 Å². The van der Waals surface area contributed by atoms with E-state index in [4.69, 9.17) is 4.74 Å². The molecular formula is C20H33IN4O2. The Kier molecular flexibility index (Phi) is 11.3. The van der Waals surface area contributed by atoms with E-state index in [-0.39, 0.29) is 48.6 Å². The molecule has 7 heteroatoms. The first-order chi connectivity index (χ1) is 12.5. The lowest BCUT2D eigenvalue weighted by Gasteiger charge is -2.20. The van der Waals surface area contributed by atoms with Crippen LogP contribution in [0.2, 0.25) is 0 Å². The van der Waals surface area contributed by atoms with Crippen LogP contribution in [0.15, 0.2) is 35.3 Å². The maximum absolute atomic E-state index is 11.8. The van der Waals surface area contributed by atoms with Crippen LogP contribution >= 0.6 is 24.0 Å². The minimum atomic E-state index is -0.0137. The van der Waals surface area contributed by atoms with E-state index >= 15 is 0 Å². The average molecular weight is 488 g/mol. The summed E-state index contributed by atoms with van der Waals surface area (Å²) >= 11 is 0. The number of hydrogen-bond donors (Lipinski definition) is 2. The Labute approximate surface area is 180 Å². The molecule has 1 aromatic carbocycles. The number of aryl methyl sites for hydroxylation is 1. The van der Waals surface area contributed by atoms with Crippen molar-refractivity contribution in [2.75, 3.05) is 33.8 Å². The lowest BCUT2D eigenvalue weighted by molar-refractivity contribution is -0.127. The number of rotatable bonds is 8. The Balaban J connectivity index is 0.00000364. The van der Waals surface area contributed by atoms with E-state index in [0.29, 0.717) is 12.5 Å². The molecule has 1 fully saturated rings. The van der Waals surface area contributed by atoms with Crippen LogP contribution in [0.25, 0.3) is 0 Å². The van der Waals surface area contributed by atoms with Gasteiger partial charge in [0, 0.05) is 33.3 Å². The van der Waals surface area contributed by atoms with Gasteiger partial charge in [-0.05, 0) is 38.2 Å². The van der Waals surface area contributed by atoms with E-state index in [1.807, 2.05) is 6.07 Å². The monoisotopic (exact) mass is 488 g/mol. The first-order valence-corrected chi connectivity index (χ1v) is 9.45. The third-order valence-electron chi connectivity index (χ3n) is 4.48. The highest BCUT2D eigenvalue weighted by Gasteiger charge is 2.16. The normalized spacial score (nSPS) is 17.7. The quantitative estimate of drug-likeness (QED) is 0.335. The number of benzene rings is 1. The van der Waals surface area contributed by atoms with Crippen molar-refractivity contribution >= 4 is 35.8 Å². The number of aliphatic imine (C=N–C) groups is 1. The van der Waals surface area contributed by atoms with Gasteiger partial charge in [0.2, 0.25) is 5.91 Å². The third-order valence-corrected chi connectivity index (χ3v) is 4.48. The highest BCUT2D eigenvalue weighted by Crippen LogP contribution is 2.10. The second kappa shape index (κ2) is 12.9. The van der Waals surface area contributed by atoms with Gasteiger partial charge in [0.05, 0.1) is 6.10 Å². The maximum atomic E-state index is 11.8. The number of hydrogen-bond acceptors (Lipinski definition) is 3. The van der Waals surface area contributed by atoms with Crippen molar-refractivity contribution in [2.45, 2.75) is 44.8 Å². The number of halogens is 1. The molecule has 1 amide bonds. The van der Waals surface area contributed by atoms with Gasteiger partial charge in [-0.3, -0.25) is 4.79 Å². The average Bonchev–Trinajstić information content (AvgIpc) is 3.16.